The van der Waals surface area contributed by atoms with Gasteiger partial charge in [0.25, 0.3) is 0 Å². The second kappa shape index (κ2) is 6.12. The molecule has 0 bridgehead atoms. The lowest BCUT2D eigenvalue weighted by Gasteiger charge is -2.22. The molecule has 1 aromatic carbocycles. The number of hydrogen-bond acceptors (Lipinski definition) is 3. The van der Waals surface area contributed by atoms with Crippen LogP contribution in [-0.2, 0) is 4.74 Å². The lowest BCUT2D eigenvalue weighted by molar-refractivity contribution is 0.0134. The molecule has 0 spiro atoms. The molecule has 0 radical (unpaired) electrons. The number of anilines is 2. The van der Waals surface area contributed by atoms with E-state index in [1.807, 2.05) is 12.1 Å². The third kappa shape index (κ3) is 3.79. The molecule has 1 aliphatic rings. The average molecular weight is 255 g/mol. The molecular weight excluding hydrogens is 236 g/mol. The van der Waals surface area contributed by atoms with Crippen molar-refractivity contribution in [3.05, 3.63) is 23.2 Å². The van der Waals surface area contributed by atoms with Crippen LogP contribution in [0.2, 0.25) is 5.02 Å². The summed E-state index contributed by atoms with van der Waals surface area (Å²) in [6.07, 6.45) is 5.10. The number of rotatable bonds is 4. The zero-order valence-corrected chi connectivity index (χ0v) is 10.7. The van der Waals surface area contributed by atoms with E-state index in [2.05, 4.69) is 5.32 Å². The Labute approximate surface area is 107 Å². The van der Waals surface area contributed by atoms with Gasteiger partial charge >= 0.3 is 0 Å². The fraction of sp³-hybridized carbons (Fsp3) is 0.538. The second-order valence-corrected chi connectivity index (χ2v) is 4.87. The second-order valence-electron chi connectivity index (χ2n) is 4.44. The normalized spacial score (nSPS) is 20.2. The molecule has 1 saturated heterocycles. The van der Waals surface area contributed by atoms with Crippen LogP contribution in [0.3, 0.4) is 0 Å². The third-order valence-corrected chi connectivity index (χ3v) is 3.30. The Morgan fingerprint density at radius 2 is 2.29 bits per heavy atom. The molecule has 3 N–H and O–H groups in total. The standard InChI is InChI=1S/C13H19ClN2O/c14-10-4-5-13(12(15)9-10)16-7-6-11-3-1-2-8-17-11/h4-5,9,11,16H,1-3,6-8,15H2. The van der Waals surface area contributed by atoms with E-state index in [0.717, 1.165) is 25.3 Å². The largest absolute Gasteiger partial charge is 0.397 e. The first-order chi connectivity index (χ1) is 8.25. The van der Waals surface area contributed by atoms with Crippen LogP contribution in [0, 0.1) is 0 Å². The maximum atomic E-state index is 5.86. The molecule has 0 aliphatic carbocycles. The Kier molecular flexibility index (Phi) is 4.51. The van der Waals surface area contributed by atoms with Crippen LogP contribution in [0.15, 0.2) is 18.2 Å². The number of ether oxygens (including phenoxy) is 1. The highest BCUT2D eigenvalue weighted by atomic mass is 35.5. The summed E-state index contributed by atoms with van der Waals surface area (Å²) in [5, 5.41) is 3.99. The van der Waals surface area contributed by atoms with Crippen molar-refractivity contribution >= 4 is 23.0 Å². The van der Waals surface area contributed by atoms with Crippen molar-refractivity contribution in [2.24, 2.45) is 0 Å². The topological polar surface area (TPSA) is 47.3 Å². The van der Waals surface area contributed by atoms with Gasteiger partial charge in [0, 0.05) is 18.2 Å². The summed E-state index contributed by atoms with van der Waals surface area (Å²) >= 11 is 5.84. The van der Waals surface area contributed by atoms with Gasteiger partial charge in [-0.1, -0.05) is 11.6 Å². The van der Waals surface area contributed by atoms with Crippen LogP contribution < -0.4 is 11.1 Å². The predicted molar refractivity (Wildman–Crippen MR) is 72.6 cm³/mol. The van der Waals surface area contributed by atoms with E-state index in [9.17, 15) is 0 Å². The number of nitrogens with two attached hydrogens (primary N) is 1. The van der Waals surface area contributed by atoms with Gasteiger partial charge in [0.2, 0.25) is 0 Å². The fourth-order valence-electron chi connectivity index (χ4n) is 2.10. The van der Waals surface area contributed by atoms with E-state index >= 15 is 0 Å². The highest BCUT2D eigenvalue weighted by Crippen LogP contribution is 2.23. The molecule has 1 fully saturated rings. The summed E-state index contributed by atoms with van der Waals surface area (Å²) in [4.78, 5) is 0. The first kappa shape index (κ1) is 12.5. The number of halogens is 1. The molecule has 1 atom stereocenters. The number of nitrogen functional groups attached to an aromatic ring is 1. The molecule has 1 unspecified atom stereocenters. The predicted octanol–water partition coefficient (Wildman–Crippen LogP) is 3.29. The minimum absolute atomic E-state index is 0.407. The fourth-order valence-corrected chi connectivity index (χ4v) is 2.28. The van der Waals surface area contributed by atoms with Crippen LogP contribution in [0.4, 0.5) is 11.4 Å². The van der Waals surface area contributed by atoms with Crippen molar-refractivity contribution in [1.82, 2.24) is 0 Å². The first-order valence-corrected chi connectivity index (χ1v) is 6.54. The van der Waals surface area contributed by atoms with Gasteiger partial charge in [-0.15, -0.1) is 0 Å². The molecule has 1 aliphatic heterocycles. The summed E-state index contributed by atoms with van der Waals surface area (Å²) < 4.78 is 5.67. The maximum absolute atomic E-state index is 5.86. The van der Waals surface area contributed by atoms with Crippen molar-refractivity contribution in [3.8, 4) is 0 Å². The summed E-state index contributed by atoms with van der Waals surface area (Å²) in [5.74, 6) is 0. The first-order valence-electron chi connectivity index (χ1n) is 6.16. The Hall–Kier alpha value is -0.930. The average Bonchev–Trinajstić information content (AvgIpc) is 2.33. The highest BCUT2D eigenvalue weighted by Gasteiger charge is 2.13. The van der Waals surface area contributed by atoms with Gasteiger partial charge in [0.15, 0.2) is 0 Å². The quantitative estimate of drug-likeness (QED) is 0.811. The summed E-state index contributed by atoms with van der Waals surface area (Å²) in [5.41, 5.74) is 7.51. The van der Waals surface area contributed by atoms with Gasteiger partial charge < -0.3 is 15.8 Å². The highest BCUT2D eigenvalue weighted by molar-refractivity contribution is 6.31. The van der Waals surface area contributed by atoms with Gasteiger partial charge in [-0.2, -0.15) is 0 Å². The van der Waals surface area contributed by atoms with Crippen molar-refractivity contribution in [1.29, 1.82) is 0 Å². The Bertz CT molecular complexity index is 364. The molecule has 17 heavy (non-hydrogen) atoms. The van der Waals surface area contributed by atoms with Crippen LogP contribution in [0.25, 0.3) is 0 Å². The summed E-state index contributed by atoms with van der Waals surface area (Å²) in [6.45, 7) is 1.80. The minimum atomic E-state index is 0.407. The van der Waals surface area contributed by atoms with Crippen molar-refractivity contribution in [3.63, 3.8) is 0 Å². The number of benzene rings is 1. The molecule has 0 saturated carbocycles. The van der Waals surface area contributed by atoms with Crippen molar-refractivity contribution < 1.29 is 4.74 Å². The minimum Gasteiger partial charge on any atom is -0.397 e. The lowest BCUT2D eigenvalue weighted by atomic mass is 10.1. The van der Waals surface area contributed by atoms with Crippen molar-refractivity contribution in [2.45, 2.75) is 31.8 Å². The zero-order valence-electron chi connectivity index (χ0n) is 9.92. The van der Waals surface area contributed by atoms with Crippen molar-refractivity contribution in [2.75, 3.05) is 24.2 Å². The van der Waals surface area contributed by atoms with E-state index in [4.69, 9.17) is 22.1 Å². The molecular formula is C13H19ClN2O. The van der Waals surface area contributed by atoms with Gasteiger partial charge in [0.05, 0.1) is 17.5 Å². The number of nitrogens with one attached hydrogen (secondary N) is 1. The molecule has 1 heterocycles. The van der Waals surface area contributed by atoms with Crippen LogP contribution >= 0.6 is 11.6 Å². The SMILES string of the molecule is Nc1cc(Cl)ccc1NCCC1CCCCO1. The molecule has 0 aromatic heterocycles. The molecule has 0 amide bonds. The molecule has 1 aromatic rings. The zero-order chi connectivity index (χ0) is 12.1. The van der Waals surface area contributed by atoms with Gasteiger partial charge in [0.1, 0.15) is 0 Å². The Morgan fingerprint density at radius 3 is 3.00 bits per heavy atom. The Morgan fingerprint density at radius 1 is 1.41 bits per heavy atom. The lowest BCUT2D eigenvalue weighted by Crippen LogP contribution is -2.22. The van der Waals surface area contributed by atoms with E-state index in [1.165, 1.54) is 19.3 Å². The van der Waals surface area contributed by atoms with E-state index in [0.29, 0.717) is 16.8 Å². The monoisotopic (exact) mass is 254 g/mol. The molecule has 4 heteroatoms. The van der Waals surface area contributed by atoms with Crippen LogP contribution in [0.5, 0.6) is 0 Å². The van der Waals surface area contributed by atoms with E-state index < -0.39 is 0 Å². The van der Waals surface area contributed by atoms with Crippen LogP contribution in [0.1, 0.15) is 25.7 Å². The van der Waals surface area contributed by atoms with Gasteiger partial charge in [-0.25, -0.2) is 0 Å². The molecule has 3 nitrogen and oxygen atoms in total. The maximum Gasteiger partial charge on any atom is 0.0591 e. The van der Waals surface area contributed by atoms with Gasteiger partial charge in [-0.05, 0) is 43.9 Å². The van der Waals surface area contributed by atoms with E-state index in [1.54, 1.807) is 6.07 Å². The number of hydrogen-bond donors (Lipinski definition) is 2. The summed E-state index contributed by atoms with van der Waals surface area (Å²) in [6, 6.07) is 5.53. The summed E-state index contributed by atoms with van der Waals surface area (Å²) in [7, 11) is 0. The smallest absolute Gasteiger partial charge is 0.0591 e. The molecule has 94 valence electrons. The Balaban J connectivity index is 1.77. The van der Waals surface area contributed by atoms with E-state index in [-0.39, 0.29) is 0 Å². The van der Waals surface area contributed by atoms with Gasteiger partial charge in [-0.3, -0.25) is 0 Å². The molecule has 2 rings (SSSR count). The van der Waals surface area contributed by atoms with Crippen LogP contribution in [-0.4, -0.2) is 19.3 Å². The third-order valence-electron chi connectivity index (χ3n) is 3.07.